The molecule has 2 aromatic rings. The summed E-state index contributed by atoms with van der Waals surface area (Å²) in [4.78, 5) is 10.9. The van der Waals surface area contributed by atoms with Crippen LogP contribution in [0.1, 0.15) is 32.6 Å². The Balaban J connectivity index is 2.19. The number of benzene rings is 2. The first-order valence-corrected chi connectivity index (χ1v) is 6.51. The van der Waals surface area contributed by atoms with Gasteiger partial charge in [-0.25, -0.2) is 4.79 Å². The van der Waals surface area contributed by atoms with Crippen LogP contribution in [0.4, 0.5) is 0 Å². The first kappa shape index (κ1) is 14.1. The molecule has 0 unspecified atom stereocenters. The standard InChI is InChI=1S/C17H18O3/c1-11-7-8-12(2)16(13(11)3)20-10-14-5-4-6-15(9-14)17(18)19/h4-9H,10H2,1-3H3,(H,18,19). The Kier molecular flexibility index (Phi) is 4.08. The molecule has 1 N–H and O–H groups in total. The second kappa shape index (κ2) is 5.78. The van der Waals surface area contributed by atoms with Crippen LogP contribution >= 0.6 is 0 Å². The molecule has 0 aliphatic carbocycles. The van der Waals surface area contributed by atoms with Crippen LogP contribution in [0.2, 0.25) is 0 Å². The Bertz CT molecular complexity index is 645. The van der Waals surface area contributed by atoms with Gasteiger partial charge in [-0.05, 0) is 55.2 Å². The molecular weight excluding hydrogens is 252 g/mol. The number of aryl methyl sites for hydroxylation is 2. The summed E-state index contributed by atoms with van der Waals surface area (Å²) in [6.45, 7) is 6.46. The van der Waals surface area contributed by atoms with E-state index in [0.29, 0.717) is 6.61 Å². The van der Waals surface area contributed by atoms with Gasteiger partial charge in [-0.15, -0.1) is 0 Å². The lowest BCUT2D eigenvalue weighted by Crippen LogP contribution is -2.02. The van der Waals surface area contributed by atoms with Gasteiger partial charge in [0.15, 0.2) is 0 Å². The van der Waals surface area contributed by atoms with Gasteiger partial charge in [0.2, 0.25) is 0 Å². The second-order valence-electron chi connectivity index (χ2n) is 4.95. The molecular formula is C17H18O3. The maximum absolute atomic E-state index is 10.9. The van der Waals surface area contributed by atoms with Crippen molar-refractivity contribution >= 4 is 5.97 Å². The zero-order valence-corrected chi connectivity index (χ0v) is 11.9. The molecule has 0 aliphatic rings. The molecule has 2 rings (SSSR count). The number of rotatable bonds is 4. The topological polar surface area (TPSA) is 46.5 Å². The Morgan fingerprint density at radius 1 is 1.10 bits per heavy atom. The van der Waals surface area contributed by atoms with E-state index in [4.69, 9.17) is 9.84 Å². The Morgan fingerprint density at radius 2 is 1.80 bits per heavy atom. The van der Waals surface area contributed by atoms with Crippen molar-refractivity contribution < 1.29 is 14.6 Å². The summed E-state index contributed by atoms with van der Waals surface area (Å²) in [5, 5.41) is 8.98. The highest BCUT2D eigenvalue weighted by atomic mass is 16.5. The molecule has 0 spiro atoms. The molecule has 104 valence electrons. The summed E-state index contributed by atoms with van der Waals surface area (Å²) in [5.41, 5.74) is 4.53. The van der Waals surface area contributed by atoms with E-state index in [0.717, 1.165) is 22.4 Å². The third kappa shape index (κ3) is 2.99. The summed E-state index contributed by atoms with van der Waals surface area (Å²) in [7, 11) is 0. The van der Waals surface area contributed by atoms with Crippen molar-refractivity contribution in [1.82, 2.24) is 0 Å². The first-order chi connectivity index (χ1) is 9.49. The van der Waals surface area contributed by atoms with E-state index in [9.17, 15) is 4.79 Å². The predicted molar refractivity (Wildman–Crippen MR) is 78.4 cm³/mol. The van der Waals surface area contributed by atoms with Crippen LogP contribution in [-0.2, 0) is 6.61 Å². The maximum atomic E-state index is 10.9. The van der Waals surface area contributed by atoms with Crippen molar-refractivity contribution in [3.05, 3.63) is 64.2 Å². The van der Waals surface area contributed by atoms with Gasteiger partial charge in [0.25, 0.3) is 0 Å². The van der Waals surface area contributed by atoms with Crippen LogP contribution in [0.5, 0.6) is 5.75 Å². The summed E-state index contributed by atoms with van der Waals surface area (Å²) >= 11 is 0. The fourth-order valence-electron chi connectivity index (χ4n) is 2.10. The first-order valence-electron chi connectivity index (χ1n) is 6.51. The molecule has 3 nitrogen and oxygen atoms in total. The van der Waals surface area contributed by atoms with Crippen molar-refractivity contribution in [3.63, 3.8) is 0 Å². The van der Waals surface area contributed by atoms with Crippen molar-refractivity contribution in [2.24, 2.45) is 0 Å². The summed E-state index contributed by atoms with van der Waals surface area (Å²) in [6.07, 6.45) is 0. The van der Waals surface area contributed by atoms with Gasteiger partial charge in [0.1, 0.15) is 12.4 Å². The molecule has 0 radical (unpaired) electrons. The van der Waals surface area contributed by atoms with E-state index in [-0.39, 0.29) is 5.56 Å². The van der Waals surface area contributed by atoms with E-state index in [2.05, 4.69) is 6.07 Å². The molecule has 0 aromatic heterocycles. The molecule has 0 fully saturated rings. The van der Waals surface area contributed by atoms with E-state index in [1.165, 1.54) is 5.56 Å². The molecule has 0 saturated heterocycles. The SMILES string of the molecule is Cc1ccc(C)c(OCc2cccc(C(=O)O)c2)c1C. The molecule has 0 atom stereocenters. The lowest BCUT2D eigenvalue weighted by atomic mass is 10.1. The maximum Gasteiger partial charge on any atom is 0.335 e. The molecule has 0 heterocycles. The summed E-state index contributed by atoms with van der Waals surface area (Å²) in [5.74, 6) is -0.0412. The number of carbonyl (C=O) groups is 1. The van der Waals surface area contributed by atoms with Gasteiger partial charge in [-0.1, -0.05) is 24.3 Å². The van der Waals surface area contributed by atoms with Crippen molar-refractivity contribution in [1.29, 1.82) is 0 Å². The van der Waals surface area contributed by atoms with Crippen LogP contribution < -0.4 is 4.74 Å². The van der Waals surface area contributed by atoms with E-state index < -0.39 is 5.97 Å². The highest BCUT2D eigenvalue weighted by Gasteiger charge is 2.08. The predicted octanol–water partition coefficient (Wildman–Crippen LogP) is 3.89. The average molecular weight is 270 g/mol. The molecule has 20 heavy (non-hydrogen) atoms. The molecule has 0 saturated carbocycles. The highest BCUT2D eigenvalue weighted by molar-refractivity contribution is 5.87. The third-order valence-electron chi connectivity index (χ3n) is 3.43. The number of carboxylic acid groups (broad SMARTS) is 1. The van der Waals surface area contributed by atoms with Gasteiger partial charge >= 0.3 is 5.97 Å². The molecule has 2 aromatic carbocycles. The lowest BCUT2D eigenvalue weighted by Gasteiger charge is -2.14. The normalized spacial score (nSPS) is 10.3. The van der Waals surface area contributed by atoms with Gasteiger partial charge in [-0.3, -0.25) is 0 Å². The Labute approximate surface area is 118 Å². The molecule has 0 amide bonds. The van der Waals surface area contributed by atoms with Crippen molar-refractivity contribution in [3.8, 4) is 5.75 Å². The minimum Gasteiger partial charge on any atom is -0.488 e. The highest BCUT2D eigenvalue weighted by Crippen LogP contribution is 2.26. The summed E-state index contributed by atoms with van der Waals surface area (Å²) < 4.78 is 5.88. The Hall–Kier alpha value is -2.29. The smallest absolute Gasteiger partial charge is 0.335 e. The van der Waals surface area contributed by atoms with Gasteiger partial charge in [-0.2, -0.15) is 0 Å². The minimum absolute atomic E-state index is 0.281. The third-order valence-corrected chi connectivity index (χ3v) is 3.43. The number of carboxylic acids is 1. The van der Waals surface area contributed by atoms with Gasteiger partial charge < -0.3 is 9.84 Å². The number of ether oxygens (including phenoxy) is 1. The summed E-state index contributed by atoms with van der Waals surface area (Å²) in [6, 6.07) is 10.9. The fraction of sp³-hybridized carbons (Fsp3) is 0.235. The molecule has 3 heteroatoms. The monoisotopic (exact) mass is 270 g/mol. The average Bonchev–Trinajstić information content (AvgIpc) is 2.43. The van der Waals surface area contributed by atoms with E-state index >= 15 is 0 Å². The quantitative estimate of drug-likeness (QED) is 0.916. The van der Waals surface area contributed by atoms with E-state index in [1.807, 2.05) is 32.9 Å². The number of hydrogen-bond donors (Lipinski definition) is 1. The van der Waals surface area contributed by atoms with Crippen LogP contribution in [0.15, 0.2) is 36.4 Å². The van der Waals surface area contributed by atoms with Gasteiger partial charge in [0.05, 0.1) is 5.56 Å². The largest absolute Gasteiger partial charge is 0.488 e. The second-order valence-corrected chi connectivity index (χ2v) is 4.95. The number of hydrogen-bond acceptors (Lipinski definition) is 2. The minimum atomic E-state index is -0.922. The zero-order valence-electron chi connectivity index (χ0n) is 11.9. The number of aromatic carboxylic acids is 1. The van der Waals surface area contributed by atoms with Crippen LogP contribution in [0.25, 0.3) is 0 Å². The van der Waals surface area contributed by atoms with Crippen LogP contribution in [0, 0.1) is 20.8 Å². The van der Waals surface area contributed by atoms with E-state index in [1.54, 1.807) is 18.2 Å². The van der Waals surface area contributed by atoms with Crippen LogP contribution in [0.3, 0.4) is 0 Å². The fourth-order valence-corrected chi connectivity index (χ4v) is 2.10. The zero-order chi connectivity index (χ0) is 14.7. The van der Waals surface area contributed by atoms with Crippen LogP contribution in [-0.4, -0.2) is 11.1 Å². The van der Waals surface area contributed by atoms with Crippen molar-refractivity contribution in [2.45, 2.75) is 27.4 Å². The lowest BCUT2D eigenvalue weighted by molar-refractivity contribution is 0.0696. The molecule has 0 aliphatic heterocycles. The van der Waals surface area contributed by atoms with Crippen molar-refractivity contribution in [2.75, 3.05) is 0 Å². The molecule has 0 bridgehead atoms. The Morgan fingerprint density at radius 3 is 2.50 bits per heavy atom. The van der Waals surface area contributed by atoms with Gasteiger partial charge in [0, 0.05) is 0 Å².